The van der Waals surface area contributed by atoms with Gasteiger partial charge in [-0.1, -0.05) is 0 Å². The maximum absolute atomic E-state index is 12.1. The van der Waals surface area contributed by atoms with Crippen LogP contribution in [0.4, 0.5) is 0 Å². The van der Waals surface area contributed by atoms with Crippen LogP contribution in [0, 0.1) is 5.92 Å². The summed E-state index contributed by atoms with van der Waals surface area (Å²) in [5.41, 5.74) is -0.808. The number of hydrogen-bond acceptors (Lipinski definition) is 3. The highest BCUT2D eigenvalue weighted by Crippen LogP contribution is 2.32. The first kappa shape index (κ1) is 13.8. The minimum Gasteiger partial charge on any atom is -0.389 e. The fraction of sp³-hybridized carbons (Fsp3) is 0.929. The predicted octanol–water partition coefficient (Wildman–Crippen LogP) is 1.14. The number of fused-ring (bicyclic) bond motifs is 2. The van der Waals surface area contributed by atoms with E-state index in [1.165, 1.54) is 12.8 Å². The molecular formula is C14H26N2O2. The Morgan fingerprint density at radius 2 is 1.89 bits per heavy atom. The molecule has 2 aliphatic rings. The summed E-state index contributed by atoms with van der Waals surface area (Å²) in [6.45, 7) is 3.88. The van der Waals surface area contributed by atoms with Crippen LogP contribution in [0.15, 0.2) is 0 Å². The van der Waals surface area contributed by atoms with Gasteiger partial charge < -0.3 is 15.3 Å². The third-order valence-corrected chi connectivity index (χ3v) is 4.08. The second-order valence-electron chi connectivity index (χ2n) is 6.74. The molecular weight excluding hydrogens is 228 g/mol. The number of aliphatic hydroxyl groups is 1. The number of nitrogens with one attached hydrogen (secondary N) is 1. The van der Waals surface area contributed by atoms with Crippen molar-refractivity contribution in [2.45, 2.75) is 63.6 Å². The van der Waals surface area contributed by atoms with Crippen molar-refractivity contribution in [3.8, 4) is 0 Å². The van der Waals surface area contributed by atoms with E-state index in [4.69, 9.17) is 0 Å². The molecule has 2 unspecified atom stereocenters. The summed E-state index contributed by atoms with van der Waals surface area (Å²) in [6, 6.07) is 1.28. The number of piperidine rings is 1. The van der Waals surface area contributed by atoms with E-state index in [1.807, 2.05) is 0 Å². The van der Waals surface area contributed by atoms with Crippen LogP contribution >= 0.6 is 0 Å². The van der Waals surface area contributed by atoms with E-state index in [-0.39, 0.29) is 5.91 Å². The van der Waals surface area contributed by atoms with Gasteiger partial charge in [-0.2, -0.15) is 0 Å². The van der Waals surface area contributed by atoms with Crippen LogP contribution in [-0.4, -0.2) is 47.2 Å². The van der Waals surface area contributed by atoms with Crippen molar-refractivity contribution in [1.82, 2.24) is 10.2 Å². The second kappa shape index (κ2) is 5.17. The van der Waals surface area contributed by atoms with Crippen molar-refractivity contribution in [2.24, 2.45) is 5.92 Å². The Balaban J connectivity index is 1.80. The molecule has 2 heterocycles. The van der Waals surface area contributed by atoms with Crippen molar-refractivity contribution in [3.05, 3.63) is 0 Å². The van der Waals surface area contributed by atoms with Gasteiger partial charge in [0, 0.05) is 32.1 Å². The van der Waals surface area contributed by atoms with Crippen LogP contribution in [-0.2, 0) is 4.79 Å². The summed E-state index contributed by atoms with van der Waals surface area (Å²) in [7, 11) is 1.79. The van der Waals surface area contributed by atoms with E-state index < -0.39 is 5.60 Å². The molecule has 4 heteroatoms. The largest absolute Gasteiger partial charge is 0.389 e. The van der Waals surface area contributed by atoms with Gasteiger partial charge in [-0.05, 0) is 45.4 Å². The number of rotatable bonds is 4. The summed E-state index contributed by atoms with van der Waals surface area (Å²) in [6.07, 6.45) is 5.46. The van der Waals surface area contributed by atoms with E-state index in [9.17, 15) is 9.90 Å². The smallest absolute Gasteiger partial charge is 0.222 e. The standard InChI is InChI=1S/C14H26N2O2/c1-14(2,18)9-16(3)13(17)8-10-6-11-4-5-12(7-10)15-11/h10-12,15,18H,4-9H2,1-3H3. The molecule has 0 spiro atoms. The number of likely N-dealkylation sites (N-methyl/N-ethyl adjacent to an activating group) is 1. The molecule has 0 aromatic heterocycles. The molecule has 0 aromatic rings. The van der Waals surface area contributed by atoms with Gasteiger partial charge in [0.2, 0.25) is 5.91 Å². The molecule has 2 fully saturated rings. The maximum Gasteiger partial charge on any atom is 0.222 e. The van der Waals surface area contributed by atoms with Gasteiger partial charge in [-0.15, -0.1) is 0 Å². The monoisotopic (exact) mass is 254 g/mol. The third kappa shape index (κ3) is 3.69. The van der Waals surface area contributed by atoms with E-state index in [0.29, 0.717) is 31.0 Å². The van der Waals surface area contributed by atoms with Crippen molar-refractivity contribution in [1.29, 1.82) is 0 Å². The first-order valence-electron chi connectivity index (χ1n) is 7.06. The topological polar surface area (TPSA) is 52.6 Å². The Kier molecular flexibility index (Phi) is 3.97. The molecule has 2 saturated heterocycles. The van der Waals surface area contributed by atoms with Gasteiger partial charge in [-0.25, -0.2) is 0 Å². The highest BCUT2D eigenvalue weighted by molar-refractivity contribution is 5.76. The lowest BCUT2D eigenvalue weighted by molar-refractivity contribution is -0.133. The van der Waals surface area contributed by atoms with Crippen LogP contribution in [0.5, 0.6) is 0 Å². The van der Waals surface area contributed by atoms with Gasteiger partial charge in [0.15, 0.2) is 0 Å². The third-order valence-electron chi connectivity index (χ3n) is 4.08. The highest BCUT2D eigenvalue weighted by Gasteiger charge is 2.34. The quantitative estimate of drug-likeness (QED) is 0.791. The molecule has 2 N–H and O–H groups in total. The molecule has 2 atom stereocenters. The molecule has 0 radical (unpaired) electrons. The van der Waals surface area contributed by atoms with Gasteiger partial charge in [-0.3, -0.25) is 4.79 Å². The Morgan fingerprint density at radius 3 is 2.39 bits per heavy atom. The average molecular weight is 254 g/mol. The minimum atomic E-state index is -0.808. The maximum atomic E-state index is 12.1. The molecule has 0 aromatic carbocycles. The lowest BCUT2D eigenvalue weighted by Gasteiger charge is -2.31. The van der Waals surface area contributed by atoms with E-state index >= 15 is 0 Å². The van der Waals surface area contributed by atoms with Crippen molar-refractivity contribution < 1.29 is 9.90 Å². The number of hydrogen-bond donors (Lipinski definition) is 2. The summed E-state index contributed by atoms with van der Waals surface area (Å²) in [5.74, 6) is 0.698. The van der Waals surface area contributed by atoms with Crippen LogP contribution in [0.3, 0.4) is 0 Å². The summed E-state index contributed by atoms with van der Waals surface area (Å²) in [4.78, 5) is 13.8. The Labute approximate surface area is 110 Å². The molecule has 1 amide bonds. The van der Waals surface area contributed by atoms with Crippen LogP contribution in [0.1, 0.15) is 46.0 Å². The predicted molar refractivity (Wildman–Crippen MR) is 71.2 cm³/mol. The zero-order valence-corrected chi connectivity index (χ0v) is 11.8. The first-order valence-corrected chi connectivity index (χ1v) is 7.06. The number of nitrogens with zero attached hydrogens (tertiary/aromatic N) is 1. The molecule has 104 valence electrons. The SMILES string of the molecule is CN(CC(C)(C)O)C(=O)CC1CC2CCC(C1)N2. The first-order chi connectivity index (χ1) is 8.33. The summed E-state index contributed by atoms with van der Waals surface area (Å²) >= 11 is 0. The van der Waals surface area contributed by atoms with Crippen LogP contribution in [0.25, 0.3) is 0 Å². The minimum absolute atomic E-state index is 0.170. The highest BCUT2D eigenvalue weighted by atomic mass is 16.3. The van der Waals surface area contributed by atoms with Gasteiger partial charge in [0.05, 0.1) is 5.60 Å². The molecule has 0 aliphatic carbocycles. The molecule has 2 rings (SSSR count). The number of carbonyl (C=O) groups is 1. The normalized spacial score (nSPS) is 31.4. The summed E-state index contributed by atoms with van der Waals surface area (Å²) < 4.78 is 0. The zero-order valence-electron chi connectivity index (χ0n) is 11.8. The van der Waals surface area contributed by atoms with E-state index in [1.54, 1.807) is 25.8 Å². The van der Waals surface area contributed by atoms with Crippen LogP contribution in [0.2, 0.25) is 0 Å². The number of carbonyl (C=O) groups excluding carboxylic acids is 1. The van der Waals surface area contributed by atoms with Crippen molar-refractivity contribution >= 4 is 5.91 Å². The fourth-order valence-corrected chi connectivity index (χ4v) is 3.41. The van der Waals surface area contributed by atoms with Crippen molar-refractivity contribution in [3.63, 3.8) is 0 Å². The lowest BCUT2D eigenvalue weighted by Crippen LogP contribution is -2.42. The van der Waals surface area contributed by atoms with Crippen molar-refractivity contribution in [2.75, 3.05) is 13.6 Å². The second-order valence-corrected chi connectivity index (χ2v) is 6.74. The average Bonchev–Trinajstić information content (AvgIpc) is 2.55. The Hall–Kier alpha value is -0.610. The molecule has 4 nitrogen and oxygen atoms in total. The number of amides is 1. The van der Waals surface area contributed by atoms with Gasteiger partial charge in [0.1, 0.15) is 0 Å². The van der Waals surface area contributed by atoms with E-state index in [2.05, 4.69) is 5.32 Å². The Bertz CT molecular complexity index is 299. The molecule has 2 aliphatic heterocycles. The van der Waals surface area contributed by atoms with E-state index in [0.717, 1.165) is 12.8 Å². The van der Waals surface area contributed by atoms with Crippen LogP contribution < -0.4 is 5.32 Å². The fourth-order valence-electron chi connectivity index (χ4n) is 3.41. The molecule has 2 bridgehead atoms. The molecule has 18 heavy (non-hydrogen) atoms. The van der Waals surface area contributed by atoms with Gasteiger partial charge in [0.25, 0.3) is 0 Å². The zero-order chi connectivity index (χ0) is 13.3. The lowest BCUT2D eigenvalue weighted by atomic mass is 9.89. The summed E-state index contributed by atoms with van der Waals surface area (Å²) in [5, 5.41) is 13.3. The molecule has 0 saturated carbocycles. The Morgan fingerprint density at radius 1 is 1.33 bits per heavy atom. The van der Waals surface area contributed by atoms with Gasteiger partial charge >= 0.3 is 0 Å².